The van der Waals surface area contributed by atoms with Crippen molar-refractivity contribution in [1.82, 2.24) is 0 Å². The van der Waals surface area contributed by atoms with Gasteiger partial charge in [-0.15, -0.1) is 0 Å². The summed E-state index contributed by atoms with van der Waals surface area (Å²) in [4.78, 5) is 0. The number of hydrogen-bond acceptors (Lipinski definition) is 0. The van der Waals surface area contributed by atoms with Crippen LogP contribution < -0.4 is 0 Å². The summed E-state index contributed by atoms with van der Waals surface area (Å²) >= 11 is 0. The van der Waals surface area contributed by atoms with E-state index in [1.807, 2.05) is 0 Å². The number of hydrogen-bond donors (Lipinski definition) is 0. The van der Waals surface area contributed by atoms with Crippen LogP contribution in [-0.2, 0) is 0 Å². The van der Waals surface area contributed by atoms with Crippen LogP contribution in [0.1, 0.15) is 20.8 Å². The predicted octanol–water partition coefficient (Wildman–Crippen LogP) is 0.116. The van der Waals surface area contributed by atoms with Crippen LogP contribution in [0.25, 0.3) is 0 Å². The molecule has 0 aromatic carbocycles. The first kappa shape index (κ1) is 11.5. The molecule has 1 aliphatic rings. The Morgan fingerprint density at radius 1 is 1.23 bits per heavy atom. The van der Waals surface area contributed by atoms with E-state index in [4.69, 9.17) is 0 Å². The van der Waals surface area contributed by atoms with Crippen LogP contribution in [0.3, 0.4) is 0 Å². The minimum atomic E-state index is 0.128. The van der Waals surface area contributed by atoms with Gasteiger partial charge in [-0.2, -0.15) is 0 Å². The molecule has 0 saturated heterocycles. The summed E-state index contributed by atoms with van der Waals surface area (Å²) in [5.41, 5.74) is 0.330. The zero-order valence-electron chi connectivity index (χ0n) is 9.52. The fraction of sp³-hybridized carbons (Fsp3) is 0.750. The van der Waals surface area contributed by atoms with Crippen molar-refractivity contribution < 1.29 is 0 Å². The van der Waals surface area contributed by atoms with Gasteiger partial charge in [-0.05, 0) is 0 Å². The zero-order chi connectivity index (χ0) is 10.1. The molecule has 1 heterocycles. The van der Waals surface area contributed by atoms with Crippen LogP contribution in [0.2, 0.25) is 0 Å². The molecule has 0 bridgehead atoms. The molecule has 0 unspecified atom stereocenters. The standard InChI is InChI=1S/C8H17B4P/c1-8(2,3)6-9-7(13(4)5)11-12-10-6/h11-12H,1-5H3. The van der Waals surface area contributed by atoms with Crippen molar-refractivity contribution in [2.45, 2.75) is 20.8 Å². The molecular formula is C8H17B4P. The summed E-state index contributed by atoms with van der Waals surface area (Å²) in [6, 6.07) is 0. The minimum absolute atomic E-state index is 0.128. The third-order valence-electron chi connectivity index (χ3n) is 2.53. The van der Waals surface area contributed by atoms with Crippen molar-refractivity contribution in [1.29, 1.82) is 0 Å². The Labute approximate surface area is 86.3 Å². The SMILES string of the molecule is CP(C)C1=BC(C(C)(C)C)=BBB1. The van der Waals surface area contributed by atoms with Gasteiger partial charge in [0.15, 0.2) is 0 Å². The molecule has 0 radical (unpaired) electrons. The van der Waals surface area contributed by atoms with E-state index >= 15 is 0 Å². The van der Waals surface area contributed by atoms with Gasteiger partial charge in [-0.25, -0.2) is 0 Å². The second kappa shape index (κ2) is 4.30. The van der Waals surface area contributed by atoms with Crippen LogP contribution in [0.5, 0.6) is 0 Å². The van der Waals surface area contributed by atoms with Crippen LogP contribution >= 0.6 is 7.92 Å². The summed E-state index contributed by atoms with van der Waals surface area (Å²) in [6.07, 6.45) is 0. The van der Waals surface area contributed by atoms with Gasteiger partial charge in [0.2, 0.25) is 0 Å². The van der Waals surface area contributed by atoms with Crippen LogP contribution in [-0.4, -0.2) is 51.8 Å². The van der Waals surface area contributed by atoms with Gasteiger partial charge in [0.05, 0.1) is 0 Å². The summed E-state index contributed by atoms with van der Waals surface area (Å²) < 4.78 is 0. The molecule has 1 rings (SSSR count). The fourth-order valence-electron chi connectivity index (χ4n) is 1.56. The topological polar surface area (TPSA) is 0 Å². The Hall–Kier alpha value is 0.430. The number of rotatable bonds is 1. The predicted molar refractivity (Wildman–Crippen MR) is 74.0 cm³/mol. The van der Waals surface area contributed by atoms with Crippen molar-refractivity contribution in [3.63, 3.8) is 0 Å². The Morgan fingerprint density at radius 2 is 1.85 bits per heavy atom. The molecule has 0 aromatic rings. The molecule has 1 aliphatic heterocycles. The van der Waals surface area contributed by atoms with E-state index in [-0.39, 0.29) is 7.92 Å². The summed E-state index contributed by atoms with van der Waals surface area (Å²) in [5.74, 6) is 0. The molecule has 0 amide bonds. The first-order valence-corrected chi connectivity index (χ1v) is 7.23. The summed E-state index contributed by atoms with van der Waals surface area (Å²) in [7, 11) is 2.67. The maximum absolute atomic E-state index is 2.44. The zero-order valence-corrected chi connectivity index (χ0v) is 10.4. The van der Waals surface area contributed by atoms with E-state index in [1.54, 1.807) is 5.10 Å². The van der Waals surface area contributed by atoms with Crippen molar-refractivity contribution in [2.75, 3.05) is 13.3 Å². The van der Waals surface area contributed by atoms with Crippen LogP contribution in [0.15, 0.2) is 0 Å². The van der Waals surface area contributed by atoms with Crippen molar-refractivity contribution in [2.24, 2.45) is 5.41 Å². The summed E-state index contributed by atoms with van der Waals surface area (Å²) in [5, 5.41) is 3.22. The molecule has 0 saturated carbocycles. The normalized spacial score (nSPS) is 16.2. The average molecular weight is 187 g/mol. The molecule has 5 heteroatoms. The van der Waals surface area contributed by atoms with E-state index in [0.29, 0.717) is 5.41 Å². The first-order chi connectivity index (χ1) is 5.91. The Balaban J connectivity index is 2.85. The van der Waals surface area contributed by atoms with Crippen molar-refractivity contribution in [3.8, 4) is 0 Å². The van der Waals surface area contributed by atoms with E-state index < -0.39 is 0 Å². The molecule has 13 heavy (non-hydrogen) atoms. The Bertz CT molecular complexity index is 249. The molecule has 0 N–H and O–H groups in total. The average Bonchev–Trinajstić information content (AvgIpc) is 2.03. The van der Waals surface area contributed by atoms with Gasteiger partial charge >= 0.3 is 85.9 Å². The van der Waals surface area contributed by atoms with Gasteiger partial charge in [-0.3, -0.25) is 0 Å². The molecule has 0 atom stereocenters. The van der Waals surface area contributed by atoms with E-state index in [1.165, 1.54) is 19.6 Å². The molecular weight excluding hydrogens is 170 g/mol. The van der Waals surface area contributed by atoms with Crippen molar-refractivity contribution in [3.05, 3.63) is 0 Å². The van der Waals surface area contributed by atoms with Gasteiger partial charge in [-0.1, -0.05) is 0 Å². The van der Waals surface area contributed by atoms with Gasteiger partial charge in [0.1, 0.15) is 0 Å². The third-order valence-corrected chi connectivity index (χ3v) is 4.03. The van der Waals surface area contributed by atoms with Gasteiger partial charge in [0, 0.05) is 0 Å². The Morgan fingerprint density at radius 3 is 2.31 bits per heavy atom. The molecule has 0 aliphatic carbocycles. The molecule has 0 spiro atoms. The van der Waals surface area contributed by atoms with Crippen LogP contribution in [0, 0.1) is 5.41 Å². The summed E-state index contributed by atoms with van der Waals surface area (Å²) in [6.45, 7) is 16.4. The fourth-order valence-corrected chi connectivity index (χ4v) is 2.54. The van der Waals surface area contributed by atoms with E-state index in [0.717, 1.165) is 0 Å². The monoisotopic (exact) mass is 188 g/mol. The second-order valence-electron chi connectivity index (χ2n) is 4.98. The molecule has 0 fully saturated rings. The van der Waals surface area contributed by atoms with Crippen LogP contribution in [0.4, 0.5) is 0 Å². The Kier molecular flexibility index (Phi) is 3.81. The van der Waals surface area contributed by atoms with Gasteiger partial charge < -0.3 is 0 Å². The van der Waals surface area contributed by atoms with E-state index in [2.05, 4.69) is 47.8 Å². The third kappa shape index (κ3) is 3.24. The molecule has 0 aromatic heterocycles. The second-order valence-corrected chi connectivity index (χ2v) is 7.34. The molecule has 0 nitrogen and oxygen atoms in total. The first-order valence-electron chi connectivity index (χ1n) is 5.00. The van der Waals surface area contributed by atoms with E-state index in [9.17, 15) is 0 Å². The van der Waals surface area contributed by atoms with Gasteiger partial charge in [0.25, 0.3) is 0 Å². The quantitative estimate of drug-likeness (QED) is 0.404. The maximum atomic E-state index is 2.44. The van der Waals surface area contributed by atoms with Crippen molar-refractivity contribution >= 4 is 46.4 Å². The molecule has 66 valence electrons.